The molecule has 7 nitrogen and oxygen atoms in total. The second kappa shape index (κ2) is 14.7. The van der Waals surface area contributed by atoms with Crippen LogP contribution in [0.2, 0.25) is 0 Å². The Balaban J connectivity index is 2.00. The highest BCUT2D eigenvalue weighted by atomic mass is 31.1. The van der Waals surface area contributed by atoms with Crippen molar-refractivity contribution in [3.8, 4) is 0 Å². The molecule has 3 fully saturated rings. The highest BCUT2D eigenvalue weighted by molar-refractivity contribution is 7.60. The van der Waals surface area contributed by atoms with E-state index in [2.05, 4.69) is 0 Å². The molecule has 0 saturated heterocycles. The maximum absolute atomic E-state index is 13.8. The number of nitrogens with zero attached hydrogens (tertiary/aromatic N) is 1. The van der Waals surface area contributed by atoms with E-state index in [-0.39, 0.29) is 24.0 Å². The third-order valence-corrected chi connectivity index (χ3v) is 12.9. The smallest absolute Gasteiger partial charge is 0.420 e. The highest BCUT2D eigenvalue weighted by Crippen LogP contribution is 2.63. The molecular formula is C32H56NO6P. The van der Waals surface area contributed by atoms with Crippen LogP contribution in [0, 0.1) is 5.92 Å². The van der Waals surface area contributed by atoms with Crippen molar-refractivity contribution in [2.45, 2.75) is 178 Å². The minimum Gasteiger partial charge on any atom is -0.481 e. The van der Waals surface area contributed by atoms with Crippen molar-refractivity contribution >= 4 is 26.1 Å². The summed E-state index contributed by atoms with van der Waals surface area (Å²) in [5, 5.41) is 9.22. The fraction of sp³-hybridized carbons (Fsp3) is 0.906. The highest BCUT2D eigenvalue weighted by Gasteiger charge is 2.48. The summed E-state index contributed by atoms with van der Waals surface area (Å²) in [6.07, 6.45) is 15.9. The first-order chi connectivity index (χ1) is 18.7. The lowest BCUT2D eigenvalue weighted by Crippen LogP contribution is -2.55. The number of hydrogen-bond acceptors (Lipinski definition) is 5. The molecule has 3 atom stereocenters. The normalized spacial score (nSPS) is 25.4. The summed E-state index contributed by atoms with van der Waals surface area (Å²) in [7, 11) is -0.396. The Labute approximate surface area is 244 Å². The van der Waals surface area contributed by atoms with Gasteiger partial charge < -0.3 is 14.6 Å². The molecule has 3 rings (SSSR count). The van der Waals surface area contributed by atoms with E-state index < -0.39 is 37.3 Å². The molecule has 0 spiro atoms. The van der Waals surface area contributed by atoms with Gasteiger partial charge >= 0.3 is 18.2 Å². The number of carbonyl (C=O) groups excluding carboxylic acids is 2. The first-order valence-electron chi connectivity index (χ1n) is 16.0. The standard InChI is InChI=1S/C32H56NO6P/c1-31(2,3)38-29(36)33(30(37)39-32(4,5)6)26-22-23(14-13-19-28(34)35)20-21-27(26)40(24-15-9-7-10-16-24)25-17-11-8-12-18-25/h23-27H,7-22H2,1-6H3,(H,34,35). The number of hydrogen-bond donors (Lipinski definition) is 1. The molecule has 230 valence electrons. The van der Waals surface area contributed by atoms with Crippen molar-refractivity contribution in [3.05, 3.63) is 0 Å². The molecule has 8 heteroatoms. The average Bonchev–Trinajstić information content (AvgIpc) is 2.84. The van der Waals surface area contributed by atoms with Gasteiger partial charge in [-0.2, -0.15) is 0 Å². The van der Waals surface area contributed by atoms with Gasteiger partial charge in [0.1, 0.15) is 11.2 Å². The van der Waals surface area contributed by atoms with Gasteiger partial charge in [-0.15, -0.1) is 0 Å². The Morgan fingerprint density at radius 3 is 1.65 bits per heavy atom. The number of rotatable bonds is 8. The predicted octanol–water partition coefficient (Wildman–Crippen LogP) is 9.10. The van der Waals surface area contributed by atoms with E-state index in [1.807, 2.05) is 41.5 Å². The van der Waals surface area contributed by atoms with Gasteiger partial charge in [-0.25, -0.2) is 14.5 Å². The number of carbonyl (C=O) groups is 3. The van der Waals surface area contributed by atoms with Crippen LogP contribution < -0.4 is 0 Å². The second-order valence-corrected chi connectivity index (χ2v) is 17.5. The van der Waals surface area contributed by atoms with Gasteiger partial charge in [0.05, 0.1) is 6.04 Å². The summed E-state index contributed by atoms with van der Waals surface area (Å²) in [5.74, 6) is -0.491. The summed E-state index contributed by atoms with van der Waals surface area (Å²) in [6.45, 7) is 11.0. The summed E-state index contributed by atoms with van der Waals surface area (Å²) < 4.78 is 11.7. The van der Waals surface area contributed by atoms with Crippen molar-refractivity contribution in [1.29, 1.82) is 0 Å². The van der Waals surface area contributed by atoms with Crippen LogP contribution in [0.4, 0.5) is 9.59 Å². The van der Waals surface area contributed by atoms with Crippen LogP contribution in [0.15, 0.2) is 0 Å². The maximum Gasteiger partial charge on any atom is 0.420 e. The fourth-order valence-electron chi connectivity index (χ4n) is 7.21. The van der Waals surface area contributed by atoms with Gasteiger partial charge in [0.25, 0.3) is 0 Å². The monoisotopic (exact) mass is 581 g/mol. The molecule has 2 amide bonds. The van der Waals surface area contributed by atoms with E-state index in [9.17, 15) is 19.5 Å². The molecule has 0 heterocycles. The SMILES string of the molecule is CC(C)(C)OC(=O)N(C(=O)OC(C)(C)C)C1CC(CCCC(=O)O)CCC1P(C1CCCCC1)C1CCCCC1. The molecule has 40 heavy (non-hydrogen) atoms. The molecule has 3 aliphatic rings. The number of aliphatic carboxylic acids is 1. The van der Waals surface area contributed by atoms with E-state index in [0.29, 0.717) is 24.2 Å². The number of carboxylic acid groups (broad SMARTS) is 1. The van der Waals surface area contributed by atoms with Crippen LogP contribution in [0.3, 0.4) is 0 Å². The Morgan fingerprint density at radius 2 is 1.23 bits per heavy atom. The molecule has 0 aliphatic heterocycles. The summed E-state index contributed by atoms with van der Waals surface area (Å²) in [5.41, 5.74) is 0.195. The third kappa shape index (κ3) is 10.2. The minimum atomic E-state index is -0.771. The zero-order chi connectivity index (χ0) is 29.5. The van der Waals surface area contributed by atoms with Crippen molar-refractivity contribution in [2.24, 2.45) is 5.92 Å². The largest absolute Gasteiger partial charge is 0.481 e. The maximum atomic E-state index is 13.8. The summed E-state index contributed by atoms with van der Waals surface area (Å²) >= 11 is 0. The number of imide groups is 1. The lowest BCUT2D eigenvalue weighted by molar-refractivity contribution is -0.137. The third-order valence-electron chi connectivity index (χ3n) is 8.78. The second-order valence-electron chi connectivity index (χ2n) is 14.5. The first kappa shape index (κ1) is 33.1. The molecule has 0 radical (unpaired) electrons. The first-order valence-corrected chi connectivity index (χ1v) is 17.5. The van der Waals surface area contributed by atoms with Gasteiger partial charge in [-0.05, 0) is 117 Å². The lowest BCUT2D eigenvalue weighted by atomic mass is 9.81. The fourth-order valence-corrected chi connectivity index (χ4v) is 11.9. The van der Waals surface area contributed by atoms with Crippen LogP contribution in [0.5, 0.6) is 0 Å². The van der Waals surface area contributed by atoms with E-state index >= 15 is 0 Å². The van der Waals surface area contributed by atoms with Crippen LogP contribution >= 0.6 is 7.92 Å². The van der Waals surface area contributed by atoms with Crippen LogP contribution in [-0.2, 0) is 14.3 Å². The molecule has 0 bridgehead atoms. The zero-order valence-electron chi connectivity index (χ0n) is 26.1. The van der Waals surface area contributed by atoms with Gasteiger partial charge in [0.15, 0.2) is 0 Å². The zero-order valence-corrected chi connectivity index (χ0v) is 27.0. The quantitative estimate of drug-likeness (QED) is 0.287. The van der Waals surface area contributed by atoms with Crippen molar-refractivity contribution in [2.75, 3.05) is 0 Å². The minimum absolute atomic E-state index is 0.156. The Hall–Kier alpha value is -1.36. The Kier molecular flexibility index (Phi) is 12.2. The molecule has 0 aromatic heterocycles. The summed E-state index contributed by atoms with van der Waals surface area (Å²) in [6, 6.07) is -0.275. The lowest BCUT2D eigenvalue weighted by Gasteiger charge is -2.50. The molecule has 3 unspecified atom stereocenters. The van der Waals surface area contributed by atoms with Gasteiger partial charge in [0, 0.05) is 12.1 Å². The summed E-state index contributed by atoms with van der Waals surface area (Å²) in [4.78, 5) is 40.3. The molecule has 3 saturated carbocycles. The Bertz CT molecular complexity index is 791. The van der Waals surface area contributed by atoms with E-state index in [4.69, 9.17) is 9.47 Å². The molecular weight excluding hydrogens is 525 g/mol. The van der Waals surface area contributed by atoms with Gasteiger partial charge in [-0.3, -0.25) is 4.79 Å². The van der Waals surface area contributed by atoms with E-state index in [1.165, 1.54) is 69.1 Å². The number of ether oxygens (including phenoxy) is 2. The van der Waals surface area contributed by atoms with Crippen LogP contribution in [0.1, 0.15) is 144 Å². The topological polar surface area (TPSA) is 93.1 Å². The van der Waals surface area contributed by atoms with E-state index in [1.54, 1.807) is 0 Å². The number of amides is 2. The average molecular weight is 582 g/mol. The predicted molar refractivity (Wildman–Crippen MR) is 161 cm³/mol. The molecule has 3 aliphatic carbocycles. The molecule has 1 N–H and O–H groups in total. The van der Waals surface area contributed by atoms with Crippen LogP contribution in [0.25, 0.3) is 0 Å². The van der Waals surface area contributed by atoms with Crippen molar-refractivity contribution in [1.82, 2.24) is 4.90 Å². The van der Waals surface area contributed by atoms with Gasteiger partial charge in [0.2, 0.25) is 0 Å². The van der Waals surface area contributed by atoms with Crippen LogP contribution in [-0.4, -0.2) is 62.4 Å². The van der Waals surface area contributed by atoms with Gasteiger partial charge in [-0.1, -0.05) is 46.4 Å². The van der Waals surface area contributed by atoms with Crippen molar-refractivity contribution < 1.29 is 29.0 Å². The van der Waals surface area contributed by atoms with E-state index in [0.717, 1.165) is 19.3 Å². The number of carboxylic acids is 1. The molecule has 0 aromatic rings. The molecule has 0 aromatic carbocycles. The van der Waals surface area contributed by atoms with Crippen molar-refractivity contribution in [3.63, 3.8) is 0 Å². The Morgan fingerprint density at radius 1 is 0.750 bits per heavy atom.